The molecule has 0 unspecified atom stereocenters. The van der Waals surface area contributed by atoms with Crippen LogP contribution in [0.15, 0.2) is 60.8 Å². The van der Waals surface area contributed by atoms with Crippen molar-refractivity contribution in [3.05, 3.63) is 77.9 Å². The number of halogens is 1. The van der Waals surface area contributed by atoms with Crippen molar-refractivity contribution in [3.63, 3.8) is 0 Å². The quantitative estimate of drug-likeness (QED) is 0.716. The van der Waals surface area contributed by atoms with Crippen molar-refractivity contribution in [2.45, 2.75) is 25.5 Å². The van der Waals surface area contributed by atoms with Gasteiger partial charge >= 0.3 is 0 Å². The van der Waals surface area contributed by atoms with Gasteiger partial charge in [0.2, 0.25) is 0 Å². The van der Waals surface area contributed by atoms with E-state index in [9.17, 15) is 9.50 Å². The fourth-order valence-corrected chi connectivity index (χ4v) is 3.29. The lowest BCUT2D eigenvalue weighted by Crippen LogP contribution is -2.34. The van der Waals surface area contributed by atoms with Crippen molar-refractivity contribution in [3.8, 4) is 22.6 Å². The lowest BCUT2D eigenvalue weighted by atomic mass is 10.0. The molecular weight excluding hydrogens is 343 g/mol. The highest BCUT2D eigenvalue weighted by atomic mass is 19.1. The van der Waals surface area contributed by atoms with E-state index < -0.39 is 0 Å². The van der Waals surface area contributed by atoms with Gasteiger partial charge in [-0.3, -0.25) is 4.98 Å². The second-order valence-electron chi connectivity index (χ2n) is 6.72. The smallest absolute Gasteiger partial charge is 0.164 e. The van der Waals surface area contributed by atoms with Crippen molar-refractivity contribution >= 4 is 0 Å². The number of hydrogen-bond acceptors (Lipinski definition) is 4. The molecule has 138 valence electrons. The van der Waals surface area contributed by atoms with E-state index in [2.05, 4.69) is 10.3 Å². The van der Waals surface area contributed by atoms with E-state index in [-0.39, 0.29) is 17.7 Å². The van der Waals surface area contributed by atoms with Crippen LogP contribution in [0.25, 0.3) is 11.1 Å². The molecule has 4 rings (SSSR count). The van der Waals surface area contributed by atoms with Crippen LogP contribution in [0.3, 0.4) is 0 Å². The fourth-order valence-electron chi connectivity index (χ4n) is 3.29. The Morgan fingerprint density at radius 1 is 1.07 bits per heavy atom. The Morgan fingerprint density at radius 3 is 2.67 bits per heavy atom. The SMILES string of the molecule is Oc1cccc2c1O[C@H](CNCc1ccc(-c3ccc(F)cc3)cn1)CC2. The first-order valence-corrected chi connectivity index (χ1v) is 9.08. The normalized spacial score (nSPS) is 15.8. The van der Waals surface area contributed by atoms with Crippen molar-refractivity contribution in [2.75, 3.05) is 6.54 Å². The second-order valence-corrected chi connectivity index (χ2v) is 6.72. The van der Waals surface area contributed by atoms with Crippen LogP contribution in [0.5, 0.6) is 11.5 Å². The van der Waals surface area contributed by atoms with Crippen LogP contribution in [-0.4, -0.2) is 22.7 Å². The minimum Gasteiger partial charge on any atom is -0.504 e. The highest BCUT2D eigenvalue weighted by Crippen LogP contribution is 2.35. The third-order valence-corrected chi connectivity index (χ3v) is 4.78. The first kappa shape index (κ1) is 17.5. The summed E-state index contributed by atoms with van der Waals surface area (Å²) < 4.78 is 18.9. The summed E-state index contributed by atoms with van der Waals surface area (Å²) in [7, 11) is 0. The Labute approximate surface area is 157 Å². The maximum absolute atomic E-state index is 13.0. The van der Waals surface area contributed by atoms with E-state index >= 15 is 0 Å². The van der Waals surface area contributed by atoms with Gasteiger partial charge in [0.15, 0.2) is 11.5 Å². The van der Waals surface area contributed by atoms with Gasteiger partial charge in [-0.1, -0.05) is 30.3 Å². The number of nitrogens with zero attached hydrogens (tertiary/aromatic N) is 1. The van der Waals surface area contributed by atoms with Crippen LogP contribution < -0.4 is 10.1 Å². The standard InChI is InChI=1S/C22H21FN2O2/c23-18-8-4-15(5-9-18)17-6-10-19(25-12-17)13-24-14-20-11-7-16-2-1-3-21(26)22(16)27-20/h1-6,8-10,12,20,24,26H,7,11,13-14H2/t20-/m0/s1. The molecule has 5 heteroatoms. The maximum Gasteiger partial charge on any atom is 0.164 e. The number of aryl methyl sites for hydroxylation is 1. The van der Waals surface area contributed by atoms with Gasteiger partial charge in [-0.05, 0) is 48.2 Å². The monoisotopic (exact) mass is 364 g/mol. The topological polar surface area (TPSA) is 54.4 Å². The van der Waals surface area contributed by atoms with Crippen LogP contribution in [0.2, 0.25) is 0 Å². The first-order valence-electron chi connectivity index (χ1n) is 9.08. The number of hydrogen-bond donors (Lipinski definition) is 2. The predicted molar refractivity (Wildman–Crippen MR) is 102 cm³/mol. The molecule has 0 aliphatic carbocycles. The number of phenols is 1. The summed E-state index contributed by atoms with van der Waals surface area (Å²) in [4.78, 5) is 4.47. The summed E-state index contributed by atoms with van der Waals surface area (Å²) in [6.07, 6.45) is 3.65. The van der Waals surface area contributed by atoms with Gasteiger partial charge in [0, 0.05) is 24.8 Å². The molecule has 1 aromatic heterocycles. The van der Waals surface area contributed by atoms with Gasteiger partial charge in [0.05, 0.1) is 5.69 Å². The van der Waals surface area contributed by atoms with Crippen molar-refractivity contribution in [1.82, 2.24) is 10.3 Å². The molecule has 0 amide bonds. The molecule has 3 aromatic rings. The molecular formula is C22H21FN2O2. The summed E-state index contributed by atoms with van der Waals surface area (Å²) in [5.74, 6) is 0.570. The number of benzene rings is 2. The summed E-state index contributed by atoms with van der Waals surface area (Å²) in [6, 6.07) is 15.8. The molecule has 4 nitrogen and oxygen atoms in total. The lowest BCUT2D eigenvalue weighted by Gasteiger charge is -2.26. The molecule has 0 fully saturated rings. The third-order valence-electron chi connectivity index (χ3n) is 4.78. The zero-order valence-corrected chi connectivity index (χ0v) is 14.9. The van der Waals surface area contributed by atoms with E-state index in [0.29, 0.717) is 18.8 Å². The average Bonchev–Trinajstić information content (AvgIpc) is 2.70. The highest BCUT2D eigenvalue weighted by molar-refractivity contribution is 5.62. The summed E-state index contributed by atoms with van der Waals surface area (Å²) in [5, 5.41) is 13.3. The Balaban J connectivity index is 1.31. The molecule has 2 heterocycles. The largest absolute Gasteiger partial charge is 0.504 e. The van der Waals surface area contributed by atoms with Gasteiger partial charge < -0.3 is 15.2 Å². The minimum absolute atomic E-state index is 0.0317. The maximum atomic E-state index is 13.0. The van der Waals surface area contributed by atoms with E-state index in [0.717, 1.165) is 35.2 Å². The van der Waals surface area contributed by atoms with Crippen LogP contribution in [-0.2, 0) is 13.0 Å². The number of rotatable bonds is 5. The molecule has 0 saturated carbocycles. The molecule has 2 N–H and O–H groups in total. The van der Waals surface area contributed by atoms with Gasteiger partial charge in [-0.25, -0.2) is 4.39 Å². The number of ether oxygens (including phenoxy) is 1. The number of phenolic OH excluding ortho intramolecular Hbond substituents is 1. The lowest BCUT2D eigenvalue weighted by molar-refractivity contribution is 0.163. The Morgan fingerprint density at radius 2 is 1.89 bits per heavy atom. The molecule has 2 aromatic carbocycles. The minimum atomic E-state index is -0.242. The zero-order valence-electron chi connectivity index (χ0n) is 14.9. The van der Waals surface area contributed by atoms with Crippen molar-refractivity contribution < 1.29 is 14.2 Å². The van der Waals surface area contributed by atoms with Crippen LogP contribution in [0.4, 0.5) is 4.39 Å². The van der Waals surface area contributed by atoms with Gasteiger partial charge in [-0.2, -0.15) is 0 Å². The molecule has 0 saturated heterocycles. The molecule has 27 heavy (non-hydrogen) atoms. The number of para-hydroxylation sites is 1. The fraction of sp³-hybridized carbons (Fsp3) is 0.227. The number of fused-ring (bicyclic) bond motifs is 1. The summed E-state index contributed by atoms with van der Waals surface area (Å²) in [5.41, 5.74) is 3.89. The van der Waals surface area contributed by atoms with Crippen LogP contribution >= 0.6 is 0 Å². The van der Waals surface area contributed by atoms with E-state index in [4.69, 9.17) is 4.74 Å². The summed E-state index contributed by atoms with van der Waals surface area (Å²) in [6.45, 7) is 1.33. The molecule has 1 aliphatic rings. The Hall–Kier alpha value is -2.92. The number of pyridine rings is 1. The first-order chi connectivity index (χ1) is 13.2. The molecule has 0 radical (unpaired) electrons. The van der Waals surface area contributed by atoms with E-state index in [1.165, 1.54) is 12.1 Å². The average molecular weight is 364 g/mol. The van der Waals surface area contributed by atoms with Gasteiger partial charge in [-0.15, -0.1) is 0 Å². The Kier molecular flexibility index (Phi) is 5.03. The number of nitrogens with one attached hydrogen (secondary N) is 1. The van der Waals surface area contributed by atoms with Crippen LogP contribution in [0, 0.1) is 5.82 Å². The van der Waals surface area contributed by atoms with Gasteiger partial charge in [0.1, 0.15) is 11.9 Å². The Bertz CT molecular complexity index is 911. The van der Waals surface area contributed by atoms with Crippen LogP contribution in [0.1, 0.15) is 17.7 Å². The zero-order chi connectivity index (χ0) is 18.6. The van der Waals surface area contributed by atoms with Crippen molar-refractivity contribution in [1.29, 1.82) is 0 Å². The van der Waals surface area contributed by atoms with E-state index in [1.807, 2.05) is 24.3 Å². The predicted octanol–water partition coefficient (Wildman–Crippen LogP) is 4.08. The summed E-state index contributed by atoms with van der Waals surface area (Å²) >= 11 is 0. The third kappa shape index (κ3) is 4.09. The molecule has 0 bridgehead atoms. The number of aromatic hydroxyl groups is 1. The highest BCUT2D eigenvalue weighted by Gasteiger charge is 2.21. The molecule has 0 spiro atoms. The van der Waals surface area contributed by atoms with E-state index in [1.54, 1.807) is 24.4 Å². The van der Waals surface area contributed by atoms with Crippen molar-refractivity contribution in [2.24, 2.45) is 0 Å². The van der Waals surface area contributed by atoms with Gasteiger partial charge in [0.25, 0.3) is 0 Å². The molecule has 1 atom stereocenters. The second kappa shape index (κ2) is 7.76. The number of aromatic nitrogens is 1. The molecule has 1 aliphatic heterocycles.